The van der Waals surface area contributed by atoms with E-state index in [9.17, 15) is 13.6 Å². The second kappa shape index (κ2) is 7.87. The van der Waals surface area contributed by atoms with Gasteiger partial charge in [-0.15, -0.1) is 12.4 Å². The van der Waals surface area contributed by atoms with E-state index in [2.05, 4.69) is 22.7 Å². The van der Waals surface area contributed by atoms with Crippen molar-refractivity contribution in [2.75, 3.05) is 13.1 Å². The minimum atomic E-state index is -2.68. The summed E-state index contributed by atoms with van der Waals surface area (Å²) >= 11 is 0. The molecule has 8 heteroatoms. The van der Waals surface area contributed by atoms with Gasteiger partial charge in [-0.25, -0.2) is 4.68 Å². The van der Waals surface area contributed by atoms with E-state index in [0.29, 0.717) is 27.6 Å². The maximum Gasteiger partial charge on any atom is 0.333 e. The highest BCUT2D eigenvalue weighted by Crippen LogP contribution is 2.20. The second-order valence-corrected chi connectivity index (χ2v) is 5.69. The molecule has 1 fully saturated rings. The van der Waals surface area contributed by atoms with Crippen molar-refractivity contribution in [3.8, 4) is 0 Å². The largest absolute Gasteiger partial charge is 0.353 e. The molecule has 2 heterocycles. The number of nitrogens with one attached hydrogen (secondary N) is 2. The zero-order chi connectivity index (χ0) is 15.6. The van der Waals surface area contributed by atoms with Gasteiger partial charge >= 0.3 is 6.55 Å². The summed E-state index contributed by atoms with van der Waals surface area (Å²) in [7, 11) is 0. The van der Waals surface area contributed by atoms with Crippen LogP contribution in [0.5, 0.6) is 0 Å². The predicted molar refractivity (Wildman–Crippen MR) is 82.5 cm³/mol. The van der Waals surface area contributed by atoms with Crippen LogP contribution in [0.15, 0.2) is 0 Å². The van der Waals surface area contributed by atoms with E-state index >= 15 is 0 Å². The van der Waals surface area contributed by atoms with E-state index in [1.807, 2.05) is 0 Å². The first-order valence-electron chi connectivity index (χ1n) is 7.23. The highest BCUT2D eigenvalue weighted by atomic mass is 35.5. The molecule has 1 aromatic rings. The fourth-order valence-electron chi connectivity index (χ4n) is 2.79. The van der Waals surface area contributed by atoms with Crippen molar-refractivity contribution in [2.45, 2.75) is 46.2 Å². The molecule has 1 saturated heterocycles. The first-order chi connectivity index (χ1) is 9.90. The van der Waals surface area contributed by atoms with Gasteiger partial charge in [0, 0.05) is 17.3 Å². The molecule has 1 aliphatic rings. The topological polar surface area (TPSA) is 59.0 Å². The molecule has 1 amide bonds. The van der Waals surface area contributed by atoms with Gasteiger partial charge in [-0.3, -0.25) is 4.79 Å². The Bertz CT molecular complexity index is 521. The minimum Gasteiger partial charge on any atom is -0.353 e. The van der Waals surface area contributed by atoms with Crippen molar-refractivity contribution >= 4 is 18.3 Å². The number of carbonyl (C=O) groups excluding carboxylic acids is 1. The van der Waals surface area contributed by atoms with Crippen LogP contribution in [0.4, 0.5) is 8.78 Å². The molecule has 22 heavy (non-hydrogen) atoms. The fourth-order valence-corrected chi connectivity index (χ4v) is 2.79. The average molecular weight is 337 g/mol. The standard InChI is InChI=1S/C14H22F2N4O.ClH/c1-8-7-17-5-4-12(8)18-13(21)6-11-9(2)19-20(10(11)3)14(15)16;/h8,12,14,17H,4-7H2,1-3H3,(H,18,21);1H. The Morgan fingerprint density at radius 1 is 1.50 bits per heavy atom. The summed E-state index contributed by atoms with van der Waals surface area (Å²) in [5.41, 5.74) is 1.44. The SMILES string of the molecule is Cc1nn(C(F)F)c(C)c1CC(=O)NC1CCNCC1C.Cl. The number of halogens is 3. The number of hydrogen-bond acceptors (Lipinski definition) is 3. The van der Waals surface area contributed by atoms with E-state index in [1.165, 1.54) is 0 Å². The summed E-state index contributed by atoms with van der Waals surface area (Å²) in [6.07, 6.45) is 0.988. The third kappa shape index (κ3) is 4.16. The van der Waals surface area contributed by atoms with Crippen LogP contribution in [0.1, 0.15) is 36.8 Å². The maximum atomic E-state index is 12.8. The fraction of sp³-hybridized carbons (Fsp3) is 0.714. The monoisotopic (exact) mass is 336 g/mol. The number of aromatic nitrogens is 2. The lowest BCUT2D eigenvalue weighted by atomic mass is 9.95. The number of piperidine rings is 1. The molecular weight excluding hydrogens is 314 g/mol. The highest BCUT2D eigenvalue weighted by Gasteiger charge is 2.24. The van der Waals surface area contributed by atoms with Crippen LogP contribution in [0, 0.1) is 19.8 Å². The molecule has 1 aliphatic heterocycles. The van der Waals surface area contributed by atoms with Crippen molar-refractivity contribution in [1.82, 2.24) is 20.4 Å². The van der Waals surface area contributed by atoms with Gasteiger partial charge in [0.15, 0.2) is 0 Å². The van der Waals surface area contributed by atoms with Gasteiger partial charge in [-0.05, 0) is 39.3 Å². The average Bonchev–Trinajstić information content (AvgIpc) is 2.69. The Balaban J connectivity index is 0.00000242. The molecule has 5 nitrogen and oxygen atoms in total. The Morgan fingerprint density at radius 3 is 2.73 bits per heavy atom. The van der Waals surface area contributed by atoms with Crippen LogP contribution in [0.25, 0.3) is 0 Å². The summed E-state index contributed by atoms with van der Waals surface area (Å²) in [5, 5.41) is 10.1. The quantitative estimate of drug-likeness (QED) is 0.884. The van der Waals surface area contributed by atoms with Gasteiger partial charge in [-0.2, -0.15) is 13.9 Å². The maximum absolute atomic E-state index is 12.8. The molecule has 0 aromatic carbocycles. The molecule has 2 rings (SSSR count). The molecule has 0 radical (unpaired) electrons. The zero-order valence-electron chi connectivity index (χ0n) is 13.0. The lowest BCUT2D eigenvalue weighted by Gasteiger charge is -2.30. The minimum absolute atomic E-state index is 0. The molecule has 2 atom stereocenters. The Hall–Kier alpha value is -1.21. The van der Waals surface area contributed by atoms with Crippen LogP contribution in [-0.2, 0) is 11.2 Å². The molecule has 0 aliphatic carbocycles. The number of nitrogens with zero attached hydrogens (tertiary/aromatic N) is 2. The third-order valence-corrected chi connectivity index (χ3v) is 4.13. The van der Waals surface area contributed by atoms with Crippen LogP contribution in [0.3, 0.4) is 0 Å². The molecular formula is C14H23ClF2N4O. The normalized spacial score (nSPS) is 21.5. The number of carbonyl (C=O) groups is 1. The summed E-state index contributed by atoms with van der Waals surface area (Å²) in [6, 6.07) is 0.143. The Morgan fingerprint density at radius 2 is 2.18 bits per heavy atom. The lowest BCUT2D eigenvalue weighted by molar-refractivity contribution is -0.121. The van der Waals surface area contributed by atoms with Crippen LogP contribution in [0.2, 0.25) is 0 Å². The predicted octanol–water partition coefficient (Wildman–Crippen LogP) is 1.97. The summed E-state index contributed by atoms with van der Waals surface area (Å²) in [4.78, 5) is 12.2. The van der Waals surface area contributed by atoms with E-state index in [0.717, 1.165) is 19.5 Å². The van der Waals surface area contributed by atoms with E-state index in [1.54, 1.807) is 13.8 Å². The first-order valence-corrected chi connectivity index (χ1v) is 7.23. The summed E-state index contributed by atoms with van der Waals surface area (Å²) in [5.74, 6) is 0.238. The van der Waals surface area contributed by atoms with Gasteiger partial charge in [-0.1, -0.05) is 6.92 Å². The van der Waals surface area contributed by atoms with Gasteiger partial charge in [0.2, 0.25) is 5.91 Å². The van der Waals surface area contributed by atoms with Crippen LogP contribution < -0.4 is 10.6 Å². The first kappa shape index (κ1) is 18.8. The number of aryl methyl sites for hydroxylation is 1. The number of hydrogen-bond donors (Lipinski definition) is 2. The molecule has 2 N–H and O–H groups in total. The summed E-state index contributed by atoms with van der Waals surface area (Å²) in [6.45, 7) is 4.40. The van der Waals surface area contributed by atoms with Crippen LogP contribution in [-0.4, -0.2) is 34.8 Å². The highest BCUT2D eigenvalue weighted by molar-refractivity contribution is 5.85. The van der Waals surface area contributed by atoms with Crippen molar-refractivity contribution < 1.29 is 13.6 Å². The van der Waals surface area contributed by atoms with Crippen molar-refractivity contribution in [3.63, 3.8) is 0 Å². The van der Waals surface area contributed by atoms with E-state index < -0.39 is 6.55 Å². The van der Waals surface area contributed by atoms with E-state index in [4.69, 9.17) is 0 Å². The summed E-state index contributed by atoms with van der Waals surface area (Å²) < 4.78 is 26.2. The van der Waals surface area contributed by atoms with Gasteiger partial charge < -0.3 is 10.6 Å². The molecule has 0 saturated carbocycles. The number of alkyl halides is 2. The lowest BCUT2D eigenvalue weighted by Crippen LogP contribution is -2.48. The number of rotatable bonds is 4. The molecule has 0 spiro atoms. The molecule has 126 valence electrons. The molecule has 0 bridgehead atoms. The van der Waals surface area contributed by atoms with Crippen molar-refractivity contribution in [1.29, 1.82) is 0 Å². The molecule has 1 aromatic heterocycles. The molecule has 2 unspecified atom stereocenters. The Labute approximate surface area is 135 Å². The number of amides is 1. The van der Waals surface area contributed by atoms with Crippen LogP contribution >= 0.6 is 12.4 Å². The second-order valence-electron chi connectivity index (χ2n) is 5.69. The van der Waals surface area contributed by atoms with Crippen molar-refractivity contribution in [2.24, 2.45) is 5.92 Å². The smallest absolute Gasteiger partial charge is 0.333 e. The zero-order valence-corrected chi connectivity index (χ0v) is 13.8. The Kier molecular flexibility index (Phi) is 6.74. The third-order valence-electron chi connectivity index (χ3n) is 4.13. The van der Waals surface area contributed by atoms with E-state index in [-0.39, 0.29) is 30.8 Å². The van der Waals surface area contributed by atoms with Gasteiger partial charge in [0.25, 0.3) is 0 Å². The van der Waals surface area contributed by atoms with Crippen molar-refractivity contribution in [3.05, 3.63) is 17.0 Å². The van der Waals surface area contributed by atoms with Gasteiger partial charge in [0.05, 0.1) is 12.1 Å². The van der Waals surface area contributed by atoms with Gasteiger partial charge in [0.1, 0.15) is 0 Å².